The fourth-order valence-electron chi connectivity index (χ4n) is 5.63. The molecular weight excluding hydrogens is 468 g/mol. The summed E-state index contributed by atoms with van der Waals surface area (Å²) in [5.41, 5.74) is 12.3. The molecule has 10 heteroatoms. The summed E-state index contributed by atoms with van der Waals surface area (Å²) in [6, 6.07) is 13.2. The van der Waals surface area contributed by atoms with E-state index in [4.69, 9.17) is 10.5 Å². The van der Waals surface area contributed by atoms with Crippen LogP contribution in [0.15, 0.2) is 48.9 Å². The Bertz CT molecular complexity index is 1440. The molecule has 0 saturated carbocycles. The van der Waals surface area contributed by atoms with Crippen molar-refractivity contribution in [2.24, 2.45) is 0 Å². The number of carbonyl (C=O) groups excluding carboxylic acids is 1. The second-order valence-electron chi connectivity index (χ2n) is 9.92. The number of fused-ring (bicyclic) bond motifs is 1. The molecule has 2 fully saturated rings. The van der Waals surface area contributed by atoms with Crippen molar-refractivity contribution in [3.8, 4) is 22.5 Å². The monoisotopic (exact) mass is 500 g/mol. The van der Waals surface area contributed by atoms with E-state index < -0.39 is 0 Å². The molecule has 1 atom stereocenters. The number of hydrogen-bond donors (Lipinski definition) is 1. The van der Waals surface area contributed by atoms with Gasteiger partial charge in [-0.3, -0.25) is 9.48 Å². The molecule has 2 aliphatic heterocycles. The summed E-state index contributed by atoms with van der Waals surface area (Å²) in [6.07, 6.45) is 6.15. The number of amides is 1. The third kappa shape index (κ3) is 4.21. The van der Waals surface area contributed by atoms with E-state index in [0.717, 1.165) is 79.3 Å². The molecule has 3 aromatic heterocycles. The highest BCUT2D eigenvalue weighted by Gasteiger charge is 2.28. The first-order valence-electron chi connectivity index (χ1n) is 12.8. The minimum atomic E-state index is 0.102. The average Bonchev–Trinajstić information content (AvgIpc) is 3.67. The second-order valence-corrected chi connectivity index (χ2v) is 9.92. The van der Waals surface area contributed by atoms with Crippen LogP contribution < -0.4 is 10.6 Å². The number of hydrogen-bond acceptors (Lipinski definition) is 7. The van der Waals surface area contributed by atoms with Crippen LogP contribution in [-0.4, -0.2) is 74.6 Å². The van der Waals surface area contributed by atoms with Crippen molar-refractivity contribution in [3.05, 3.63) is 48.9 Å². The number of benzene rings is 1. The quantitative estimate of drug-likeness (QED) is 0.448. The molecule has 0 bridgehead atoms. The maximum Gasteiger partial charge on any atom is 0.219 e. The van der Waals surface area contributed by atoms with Crippen molar-refractivity contribution in [1.29, 1.82) is 0 Å². The Hall–Kier alpha value is -3.92. The van der Waals surface area contributed by atoms with Crippen LogP contribution in [0.3, 0.4) is 0 Å². The number of anilines is 2. The minimum absolute atomic E-state index is 0.102. The smallest absolute Gasteiger partial charge is 0.219 e. The van der Waals surface area contributed by atoms with Crippen LogP contribution in [0.1, 0.15) is 32.2 Å². The molecule has 10 nitrogen and oxygen atoms in total. The van der Waals surface area contributed by atoms with E-state index in [1.54, 1.807) is 6.92 Å². The first-order valence-corrected chi connectivity index (χ1v) is 12.8. The van der Waals surface area contributed by atoms with Gasteiger partial charge in [-0.25, -0.2) is 9.50 Å². The lowest BCUT2D eigenvalue weighted by Gasteiger charge is -2.24. The van der Waals surface area contributed by atoms with Gasteiger partial charge in [-0.2, -0.15) is 10.2 Å². The van der Waals surface area contributed by atoms with E-state index in [-0.39, 0.29) is 18.0 Å². The molecule has 1 aromatic carbocycles. The number of carbonyl (C=O) groups is 1. The highest BCUT2D eigenvalue weighted by molar-refractivity contribution is 5.91. The molecule has 1 amide bonds. The Balaban J connectivity index is 1.39. The van der Waals surface area contributed by atoms with Crippen LogP contribution in [-0.2, 0) is 9.53 Å². The molecule has 0 aliphatic carbocycles. The molecule has 192 valence electrons. The number of aromatic nitrogens is 5. The predicted octanol–water partition coefficient (Wildman–Crippen LogP) is 3.25. The van der Waals surface area contributed by atoms with Gasteiger partial charge in [-0.15, -0.1) is 0 Å². The zero-order valence-corrected chi connectivity index (χ0v) is 21.2. The summed E-state index contributed by atoms with van der Waals surface area (Å²) < 4.78 is 9.55. The minimum Gasteiger partial charge on any atom is -0.382 e. The molecule has 2 aliphatic rings. The zero-order valence-electron chi connectivity index (χ0n) is 21.2. The van der Waals surface area contributed by atoms with Crippen molar-refractivity contribution in [2.45, 2.75) is 38.3 Å². The SMILES string of the molecule is CC(=O)N(C)C1CCN(c2cccc(-c3cc(-c4ccnn4C4CCOCC4)c4c(N)ncnn34)c2)C1. The van der Waals surface area contributed by atoms with E-state index in [9.17, 15) is 4.79 Å². The molecule has 4 aromatic rings. The second kappa shape index (κ2) is 9.51. The van der Waals surface area contributed by atoms with Gasteiger partial charge in [0.1, 0.15) is 11.8 Å². The predicted molar refractivity (Wildman–Crippen MR) is 142 cm³/mol. The van der Waals surface area contributed by atoms with Crippen LogP contribution in [0.2, 0.25) is 0 Å². The maximum atomic E-state index is 11.9. The Kier molecular flexibility index (Phi) is 6.03. The van der Waals surface area contributed by atoms with Gasteiger partial charge in [-0.1, -0.05) is 12.1 Å². The van der Waals surface area contributed by atoms with Crippen molar-refractivity contribution in [1.82, 2.24) is 29.3 Å². The van der Waals surface area contributed by atoms with E-state index >= 15 is 0 Å². The van der Waals surface area contributed by atoms with Crippen molar-refractivity contribution in [2.75, 3.05) is 44.0 Å². The normalized spacial score (nSPS) is 18.5. The highest BCUT2D eigenvalue weighted by Crippen LogP contribution is 2.37. The fraction of sp³-hybridized carbons (Fsp3) is 0.407. The number of ether oxygens (including phenoxy) is 1. The first kappa shape index (κ1) is 23.5. The van der Waals surface area contributed by atoms with E-state index in [0.29, 0.717) is 5.82 Å². The molecule has 0 spiro atoms. The van der Waals surface area contributed by atoms with E-state index in [1.165, 1.54) is 6.33 Å². The topological polar surface area (TPSA) is 107 Å². The van der Waals surface area contributed by atoms with Crippen molar-refractivity contribution < 1.29 is 9.53 Å². The van der Waals surface area contributed by atoms with Crippen LogP contribution in [0, 0.1) is 0 Å². The summed E-state index contributed by atoms with van der Waals surface area (Å²) in [7, 11) is 1.89. The fourth-order valence-corrected chi connectivity index (χ4v) is 5.63. The molecular formula is C27H32N8O2. The number of rotatable bonds is 5. The molecule has 6 rings (SSSR count). The Morgan fingerprint density at radius 1 is 1.11 bits per heavy atom. The van der Waals surface area contributed by atoms with Gasteiger partial charge in [0.2, 0.25) is 5.91 Å². The van der Waals surface area contributed by atoms with Crippen LogP contribution in [0.25, 0.3) is 28.0 Å². The lowest BCUT2D eigenvalue weighted by atomic mass is 10.1. The van der Waals surface area contributed by atoms with Gasteiger partial charge in [-0.05, 0) is 43.5 Å². The summed E-state index contributed by atoms with van der Waals surface area (Å²) in [5.74, 6) is 0.534. The summed E-state index contributed by atoms with van der Waals surface area (Å²) in [5, 5.41) is 9.26. The molecule has 2 saturated heterocycles. The standard InChI is InChI=1S/C27H32N8O2/c1-18(36)32(2)22-7-11-33(16-22)21-5-3-4-19(14-21)25-15-23(26-27(28)29-17-31-35(25)26)24-6-10-30-34(24)20-8-12-37-13-9-20/h3-6,10,14-15,17,20,22H,7-9,11-13,16H2,1-2H3,(H2,28,29,31). The molecule has 1 unspecified atom stereocenters. The van der Waals surface area contributed by atoms with Gasteiger partial charge in [0, 0.05) is 63.3 Å². The molecule has 37 heavy (non-hydrogen) atoms. The van der Waals surface area contributed by atoms with Crippen molar-refractivity contribution >= 4 is 22.9 Å². The van der Waals surface area contributed by atoms with Gasteiger partial charge in [0.25, 0.3) is 0 Å². The Morgan fingerprint density at radius 2 is 1.95 bits per heavy atom. The Labute approximate surface area is 215 Å². The van der Waals surface area contributed by atoms with Crippen LogP contribution in [0.5, 0.6) is 0 Å². The Morgan fingerprint density at radius 3 is 2.76 bits per heavy atom. The third-order valence-electron chi connectivity index (χ3n) is 7.78. The number of nitrogens with two attached hydrogens (primary N) is 1. The molecule has 2 N–H and O–H groups in total. The first-order chi connectivity index (χ1) is 18.0. The highest BCUT2D eigenvalue weighted by atomic mass is 16.5. The van der Waals surface area contributed by atoms with Gasteiger partial charge < -0.3 is 20.3 Å². The van der Waals surface area contributed by atoms with Crippen molar-refractivity contribution in [3.63, 3.8) is 0 Å². The van der Waals surface area contributed by atoms with E-state index in [2.05, 4.69) is 55.1 Å². The van der Waals surface area contributed by atoms with Crippen LogP contribution >= 0.6 is 0 Å². The zero-order chi connectivity index (χ0) is 25.5. The summed E-state index contributed by atoms with van der Waals surface area (Å²) >= 11 is 0. The molecule has 5 heterocycles. The molecule has 0 radical (unpaired) electrons. The van der Waals surface area contributed by atoms with Crippen LogP contribution in [0.4, 0.5) is 11.5 Å². The number of nitrogens with zero attached hydrogens (tertiary/aromatic N) is 7. The third-order valence-corrected chi connectivity index (χ3v) is 7.78. The van der Waals surface area contributed by atoms with Gasteiger partial charge >= 0.3 is 0 Å². The maximum absolute atomic E-state index is 11.9. The number of likely N-dealkylation sites (N-methyl/N-ethyl adjacent to an activating group) is 1. The lowest BCUT2D eigenvalue weighted by molar-refractivity contribution is -0.129. The van der Waals surface area contributed by atoms with E-state index in [1.807, 2.05) is 28.7 Å². The summed E-state index contributed by atoms with van der Waals surface area (Å²) in [4.78, 5) is 20.3. The number of nitrogen functional groups attached to an aromatic ring is 1. The average molecular weight is 501 g/mol. The largest absolute Gasteiger partial charge is 0.382 e. The van der Waals surface area contributed by atoms with Gasteiger partial charge in [0.05, 0.1) is 23.5 Å². The van der Waals surface area contributed by atoms with Gasteiger partial charge in [0.15, 0.2) is 5.82 Å². The summed E-state index contributed by atoms with van der Waals surface area (Å²) in [6.45, 7) is 4.83. The lowest BCUT2D eigenvalue weighted by Crippen LogP contribution is -2.37.